The van der Waals surface area contributed by atoms with Crippen LogP contribution in [0.25, 0.3) is 0 Å². The van der Waals surface area contributed by atoms with Crippen molar-refractivity contribution in [3.05, 3.63) is 22.3 Å². The summed E-state index contributed by atoms with van der Waals surface area (Å²) >= 11 is 15.3. The lowest BCUT2D eigenvalue weighted by molar-refractivity contribution is 0.698. The molecule has 0 N–H and O–H groups in total. The van der Waals surface area contributed by atoms with Crippen LogP contribution in [0, 0.1) is 0 Å². The molecule has 5 heteroatoms. The lowest BCUT2D eigenvalue weighted by Crippen LogP contribution is -2.33. The maximum absolute atomic E-state index is 6.10. The van der Waals surface area contributed by atoms with Gasteiger partial charge in [-0.1, -0.05) is 39.1 Å². The zero-order valence-corrected chi connectivity index (χ0v) is 11.8. The topological polar surface area (TPSA) is 16.1 Å². The van der Waals surface area contributed by atoms with E-state index in [0.717, 1.165) is 17.7 Å². The van der Waals surface area contributed by atoms with E-state index in [4.69, 9.17) is 23.2 Å². The molecule has 0 spiro atoms. The number of anilines is 1. The average molecular weight is 312 g/mol. The highest BCUT2D eigenvalue weighted by molar-refractivity contribution is 9.09. The number of halogens is 3. The van der Waals surface area contributed by atoms with Crippen molar-refractivity contribution in [3.63, 3.8) is 0 Å². The van der Waals surface area contributed by atoms with Crippen molar-refractivity contribution in [3.8, 4) is 0 Å². The van der Waals surface area contributed by atoms with Gasteiger partial charge in [0, 0.05) is 24.1 Å². The first-order chi connectivity index (χ1) is 7.06. The summed E-state index contributed by atoms with van der Waals surface area (Å²) in [5, 5.41) is 2.04. The summed E-state index contributed by atoms with van der Waals surface area (Å²) in [4.78, 5) is 6.39. The Hall–Kier alpha value is 0.01000. The molecule has 0 radical (unpaired) electrons. The standard InChI is InChI=1S/C10H13BrCl2N2/c1-7(2)15(4-3-11)10-9(13)5-8(12)6-14-10/h5-7H,3-4H2,1-2H3. The van der Waals surface area contributed by atoms with Crippen LogP contribution >= 0.6 is 39.1 Å². The second kappa shape index (κ2) is 5.92. The zero-order valence-electron chi connectivity index (χ0n) is 8.67. The van der Waals surface area contributed by atoms with Crippen molar-refractivity contribution in [2.24, 2.45) is 0 Å². The first-order valence-electron chi connectivity index (χ1n) is 4.70. The van der Waals surface area contributed by atoms with Crippen LogP contribution in [0.1, 0.15) is 13.8 Å². The van der Waals surface area contributed by atoms with Gasteiger partial charge in [-0.2, -0.15) is 0 Å². The lowest BCUT2D eigenvalue weighted by atomic mass is 10.3. The van der Waals surface area contributed by atoms with Gasteiger partial charge in [0.15, 0.2) is 0 Å². The summed E-state index contributed by atoms with van der Waals surface area (Å²) < 4.78 is 0. The number of hydrogen-bond acceptors (Lipinski definition) is 2. The summed E-state index contributed by atoms with van der Waals surface area (Å²) in [6.07, 6.45) is 1.62. The van der Waals surface area contributed by atoms with Crippen LogP contribution in [0.3, 0.4) is 0 Å². The lowest BCUT2D eigenvalue weighted by Gasteiger charge is -2.27. The molecule has 1 rings (SSSR count). The van der Waals surface area contributed by atoms with Crippen LogP contribution in [0.4, 0.5) is 5.82 Å². The molecule has 1 aromatic heterocycles. The Morgan fingerprint density at radius 3 is 2.60 bits per heavy atom. The van der Waals surface area contributed by atoms with Crippen LogP contribution in [0.15, 0.2) is 12.3 Å². The third-order valence-electron chi connectivity index (χ3n) is 2.01. The van der Waals surface area contributed by atoms with Gasteiger partial charge in [0.05, 0.1) is 10.0 Å². The van der Waals surface area contributed by atoms with Crippen molar-refractivity contribution in [2.45, 2.75) is 19.9 Å². The van der Waals surface area contributed by atoms with E-state index in [1.807, 2.05) is 0 Å². The second-order valence-corrected chi connectivity index (χ2v) is 5.07. The van der Waals surface area contributed by atoms with E-state index in [-0.39, 0.29) is 0 Å². The molecule has 0 unspecified atom stereocenters. The Labute approximate surface area is 109 Å². The first-order valence-corrected chi connectivity index (χ1v) is 6.57. The summed E-state index contributed by atoms with van der Waals surface area (Å²) in [5.41, 5.74) is 0. The summed E-state index contributed by atoms with van der Waals surface area (Å²) in [5.74, 6) is 0.788. The van der Waals surface area contributed by atoms with Gasteiger partial charge in [-0.15, -0.1) is 0 Å². The third-order valence-corrected chi connectivity index (χ3v) is 2.85. The minimum Gasteiger partial charge on any atom is -0.352 e. The van der Waals surface area contributed by atoms with Crippen LogP contribution in [-0.4, -0.2) is 22.9 Å². The largest absolute Gasteiger partial charge is 0.352 e. The molecule has 0 bridgehead atoms. The molecular formula is C10H13BrCl2N2. The second-order valence-electron chi connectivity index (χ2n) is 3.44. The Balaban J connectivity index is 3.00. The van der Waals surface area contributed by atoms with Gasteiger partial charge in [0.2, 0.25) is 0 Å². The highest BCUT2D eigenvalue weighted by Gasteiger charge is 2.14. The number of pyridine rings is 1. The zero-order chi connectivity index (χ0) is 11.4. The average Bonchev–Trinajstić information content (AvgIpc) is 2.15. The molecule has 1 aromatic rings. The van der Waals surface area contributed by atoms with Crippen molar-refractivity contribution in [1.29, 1.82) is 0 Å². The fourth-order valence-electron chi connectivity index (χ4n) is 1.32. The summed E-state index contributed by atoms with van der Waals surface area (Å²) in [6.45, 7) is 5.08. The molecular weight excluding hydrogens is 299 g/mol. The Morgan fingerprint density at radius 2 is 2.13 bits per heavy atom. The van der Waals surface area contributed by atoms with E-state index in [1.54, 1.807) is 12.3 Å². The normalized spacial score (nSPS) is 10.8. The van der Waals surface area contributed by atoms with Crippen molar-refractivity contribution in [2.75, 3.05) is 16.8 Å². The summed E-state index contributed by atoms with van der Waals surface area (Å²) in [6, 6.07) is 2.07. The minimum absolute atomic E-state index is 0.355. The quantitative estimate of drug-likeness (QED) is 0.781. The van der Waals surface area contributed by atoms with Gasteiger partial charge in [-0.3, -0.25) is 0 Å². The predicted octanol–water partition coefficient (Wildman–Crippen LogP) is 4.00. The van der Waals surface area contributed by atoms with Gasteiger partial charge in [0.25, 0.3) is 0 Å². The van der Waals surface area contributed by atoms with E-state index < -0.39 is 0 Å². The van der Waals surface area contributed by atoms with Crippen molar-refractivity contribution < 1.29 is 0 Å². The molecule has 0 aliphatic heterocycles. The highest BCUT2D eigenvalue weighted by Crippen LogP contribution is 2.27. The van der Waals surface area contributed by atoms with E-state index in [2.05, 4.69) is 39.7 Å². The Morgan fingerprint density at radius 1 is 1.47 bits per heavy atom. The van der Waals surface area contributed by atoms with E-state index >= 15 is 0 Å². The molecule has 1 heterocycles. The van der Waals surface area contributed by atoms with Crippen LogP contribution in [-0.2, 0) is 0 Å². The molecule has 84 valence electrons. The maximum atomic E-state index is 6.10. The van der Waals surface area contributed by atoms with Gasteiger partial charge >= 0.3 is 0 Å². The van der Waals surface area contributed by atoms with Gasteiger partial charge < -0.3 is 4.90 Å². The molecule has 0 aliphatic carbocycles. The molecule has 2 nitrogen and oxygen atoms in total. The fraction of sp³-hybridized carbons (Fsp3) is 0.500. The molecule has 0 saturated carbocycles. The Kier molecular flexibility index (Phi) is 5.16. The number of aromatic nitrogens is 1. The molecule has 0 aromatic carbocycles. The van der Waals surface area contributed by atoms with Crippen LogP contribution in [0.5, 0.6) is 0 Å². The molecule has 0 fully saturated rings. The minimum atomic E-state index is 0.355. The fourth-order valence-corrected chi connectivity index (χ4v) is 2.19. The first kappa shape index (κ1) is 13.1. The monoisotopic (exact) mass is 310 g/mol. The maximum Gasteiger partial charge on any atom is 0.147 e. The van der Waals surface area contributed by atoms with Gasteiger partial charge in [0.1, 0.15) is 5.82 Å². The van der Waals surface area contributed by atoms with Crippen LogP contribution in [0.2, 0.25) is 10.0 Å². The van der Waals surface area contributed by atoms with Gasteiger partial charge in [-0.25, -0.2) is 4.98 Å². The molecule has 15 heavy (non-hydrogen) atoms. The molecule has 0 saturated heterocycles. The summed E-state index contributed by atoms with van der Waals surface area (Å²) in [7, 11) is 0. The number of nitrogens with zero attached hydrogens (tertiary/aromatic N) is 2. The number of alkyl halides is 1. The third kappa shape index (κ3) is 3.51. The number of hydrogen-bond donors (Lipinski definition) is 0. The van der Waals surface area contributed by atoms with Gasteiger partial charge in [-0.05, 0) is 19.9 Å². The van der Waals surface area contributed by atoms with Crippen molar-refractivity contribution in [1.82, 2.24) is 4.98 Å². The highest BCUT2D eigenvalue weighted by atomic mass is 79.9. The van der Waals surface area contributed by atoms with Crippen molar-refractivity contribution >= 4 is 44.9 Å². The van der Waals surface area contributed by atoms with E-state index in [9.17, 15) is 0 Å². The predicted molar refractivity (Wildman–Crippen MR) is 70.5 cm³/mol. The smallest absolute Gasteiger partial charge is 0.147 e. The molecule has 0 amide bonds. The van der Waals surface area contributed by atoms with E-state index in [0.29, 0.717) is 16.1 Å². The Bertz CT molecular complexity index is 331. The number of rotatable bonds is 4. The molecule has 0 aliphatic rings. The SMILES string of the molecule is CC(C)N(CCBr)c1ncc(Cl)cc1Cl. The van der Waals surface area contributed by atoms with E-state index in [1.165, 1.54) is 0 Å². The molecule has 0 atom stereocenters. The van der Waals surface area contributed by atoms with Crippen LogP contribution < -0.4 is 4.90 Å².